The van der Waals surface area contributed by atoms with Gasteiger partial charge in [-0.3, -0.25) is 4.79 Å². The number of amides is 1. The summed E-state index contributed by atoms with van der Waals surface area (Å²) in [4.78, 5) is 14.7. The Balaban J connectivity index is 1.64. The van der Waals surface area contributed by atoms with Crippen molar-refractivity contribution in [2.45, 2.75) is 43.4 Å². The molecule has 1 amide bonds. The van der Waals surface area contributed by atoms with Crippen molar-refractivity contribution >= 4 is 38.6 Å². The fourth-order valence-corrected chi connectivity index (χ4v) is 6.56. The van der Waals surface area contributed by atoms with Crippen LogP contribution in [0.15, 0.2) is 28.5 Å². The van der Waals surface area contributed by atoms with Crippen molar-refractivity contribution < 1.29 is 13.2 Å². The molecule has 0 bridgehead atoms. The van der Waals surface area contributed by atoms with E-state index in [2.05, 4.69) is 5.32 Å². The summed E-state index contributed by atoms with van der Waals surface area (Å²) in [6.45, 7) is 3.50. The van der Waals surface area contributed by atoms with Gasteiger partial charge in [-0.2, -0.15) is 4.31 Å². The van der Waals surface area contributed by atoms with Crippen molar-refractivity contribution in [1.29, 1.82) is 0 Å². The topological polar surface area (TPSA) is 66.5 Å². The Morgan fingerprint density at radius 3 is 2.44 bits per heavy atom. The van der Waals surface area contributed by atoms with Gasteiger partial charge in [0.05, 0.1) is 11.4 Å². The number of carbonyl (C=O) groups is 1. The van der Waals surface area contributed by atoms with E-state index in [0.717, 1.165) is 35.4 Å². The first-order chi connectivity index (χ1) is 12.0. The van der Waals surface area contributed by atoms with E-state index in [1.54, 1.807) is 22.5 Å². The van der Waals surface area contributed by atoms with Crippen LogP contribution in [0.1, 0.15) is 45.1 Å². The molecule has 5 nitrogen and oxygen atoms in total. The monoisotopic (exact) mass is 398 g/mol. The minimum Gasteiger partial charge on any atom is -0.346 e. The number of thiophene rings is 2. The van der Waals surface area contributed by atoms with Crippen molar-refractivity contribution in [3.05, 3.63) is 38.9 Å². The van der Waals surface area contributed by atoms with Crippen molar-refractivity contribution in [3.8, 4) is 0 Å². The molecule has 1 aliphatic rings. The molecule has 0 saturated carbocycles. The molecule has 0 radical (unpaired) electrons. The van der Waals surface area contributed by atoms with Crippen LogP contribution < -0.4 is 5.32 Å². The Kier molecular flexibility index (Phi) is 5.93. The summed E-state index contributed by atoms with van der Waals surface area (Å²) in [5.74, 6) is -0.122. The summed E-state index contributed by atoms with van der Waals surface area (Å²) in [5, 5.41) is 2.86. The van der Waals surface area contributed by atoms with Gasteiger partial charge in [-0.25, -0.2) is 8.42 Å². The molecule has 0 atom stereocenters. The quantitative estimate of drug-likeness (QED) is 0.837. The highest BCUT2D eigenvalue weighted by Crippen LogP contribution is 2.27. The van der Waals surface area contributed by atoms with Gasteiger partial charge in [0.25, 0.3) is 15.9 Å². The average molecular weight is 399 g/mol. The standard InChI is InChI=1S/C17H22N2O3S3/c1-13-6-8-15(23-13)17(20)18-12-14-7-9-16(24-14)25(21,22)19-10-4-2-3-5-11-19/h6-9H,2-5,10-12H2,1H3,(H,18,20). The highest BCUT2D eigenvalue weighted by molar-refractivity contribution is 7.91. The van der Waals surface area contributed by atoms with Gasteiger partial charge < -0.3 is 5.32 Å². The number of sulfonamides is 1. The molecule has 2 aromatic heterocycles. The predicted molar refractivity (Wildman–Crippen MR) is 102 cm³/mol. The summed E-state index contributed by atoms with van der Waals surface area (Å²) < 4.78 is 27.5. The lowest BCUT2D eigenvalue weighted by Crippen LogP contribution is -2.31. The number of aryl methyl sites for hydroxylation is 1. The molecule has 1 N–H and O–H groups in total. The van der Waals surface area contributed by atoms with Gasteiger partial charge >= 0.3 is 0 Å². The van der Waals surface area contributed by atoms with E-state index in [0.29, 0.717) is 28.7 Å². The lowest BCUT2D eigenvalue weighted by Gasteiger charge is -2.18. The second kappa shape index (κ2) is 7.99. The minimum atomic E-state index is -3.41. The van der Waals surface area contributed by atoms with Gasteiger partial charge in [-0.05, 0) is 44.0 Å². The van der Waals surface area contributed by atoms with E-state index < -0.39 is 10.0 Å². The molecule has 0 aromatic carbocycles. The van der Waals surface area contributed by atoms with Crippen LogP contribution >= 0.6 is 22.7 Å². The highest BCUT2D eigenvalue weighted by atomic mass is 32.2. The highest BCUT2D eigenvalue weighted by Gasteiger charge is 2.26. The molecule has 0 unspecified atom stereocenters. The van der Waals surface area contributed by atoms with Gasteiger partial charge in [-0.15, -0.1) is 22.7 Å². The molecule has 25 heavy (non-hydrogen) atoms. The van der Waals surface area contributed by atoms with E-state index in [1.807, 2.05) is 13.0 Å². The normalized spacial score (nSPS) is 16.5. The fourth-order valence-electron chi connectivity index (χ4n) is 2.81. The Hall–Kier alpha value is -1.22. The third kappa shape index (κ3) is 4.49. The van der Waals surface area contributed by atoms with Crippen LogP contribution in [-0.4, -0.2) is 31.7 Å². The van der Waals surface area contributed by atoms with Crippen LogP contribution in [0.25, 0.3) is 0 Å². The molecule has 1 aliphatic heterocycles. The number of nitrogens with one attached hydrogen (secondary N) is 1. The zero-order valence-electron chi connectivity index (χ0n) is 14.2. The number of hydrogen-bond donors (Lipinski definition) is 1. The molecule has 8 heteroatoms. The maximum atomic E-state index is 12.8. The zero-order valence-corrected chi connectivity index (χ0v) is 16.6. The largest absolute Gasteiger partial charge is 0.346 e. The van der Waals surface area contributed by atoms with Crippen LogP contribution in [0.5, 0.6) is 0 Å². The second-order valence-electron chi connectivity index (χ2n) is 6.13. The van der Waals surface area contributed by atoms with Gasteiger partial charge in [0.15, 0.2) is 0 Å². The average Bonchev–Trinajstić information content (AvgIpc) is 3.14. The summed E-state index contributed by atoms with van der Waals surface area (Å²) in [7, 11) is -3.41. The molecule has 0 aliphatic carbocycles. The minimum absolute atomic E-state index is 0.122. The van der Waals surface area contributed by atoms with Crippen molar-refractivity contribution in [1.82, 2.24) is 9.62 Å². The van der Waals surface area contributed by atoms with Gasteiger partial charge in [0.1, 0.15) is 4.21 Å². The summed E-state index contributed by atoms with van der Waals surface area (Å²) in [6, 6.07) is 7.16. The fraction of sp³-hybridized carbons (Fsp3) is 0.471. The smallest absolute Gasteiger partial charge is 0.261 e. The number of rotatable bonds is 5. The Bertz CT molecular complexity index is 831. The van der Waals surface area contributed by atoms with Crippen molar-refractivity contribution in [3.63, 3.8) is 0 Å². The van der Waals surface area contributed by atoms with E-state index >= 15 is 0 Å². The molecule has 136 valence electrons. The predicted octanol–water partition coefficient (Wildman–Crippen LogP) is 3.61. The molecular formula is C17H22N2O3S3. The summed E-state index contributed by atoms with van der Waals surface area (Å²) in [6.07, 6.45) is 4.04. The van der Waals surface area contributed by atoms with Crippen molar-refractivity contribution in [2.75, 3.05) is 13.1 Å². The molecule has 3 rings (SSSR count). The lowest BCUT2D eigenvalue weighted by atomic mass is 10.2. The maximum Gasteiger partial charge on any atom is 0.261 e. The Morgan fingerprint density at radius 2 is 1.80 bits per heavy atom. The van der Waals surface area contributed by atoms with Crippen LogP contribution in [0.3, 0.4) is 0 Å². The van der Waals surface area contributed by atoms with E-state index in [-0.39, 0.29) is 5.91 Å². The van der Waals surface area contributed by atoms with Gasteiger partial charge in [-0.1, -0.05) is 12.8 Å². The van der Waals surface area contributed by atoms with Crippen LogP contribution in [0.2, 0.25) is 0 Å². The third-order valence-electron chi connectivity index (χ3n) is 4.18. The Morgan fingerprint density at radius 1 is 1.08 bits per heavy atom. The maximum absolute atomic E-state index is 12.8. The Labute approximate surface area is 156 Å². The third-order valence-corrected chi connectivity index (χ3v) is 8.63. The molecule has 3 heterocycles. The van der Waals surface area contributed by atoms with E-state index in [9.17, 15) is 13.2 Å². The second-order valence-corrected chi connectivity index (χ2v) is 10.8. The molecule has 1 fully saturated rings. The number of carbonyl (C=O) groups excluding carboxylic acids is 1. The molecular weight excluding hydrogens is 376 g/mol. The summed E-state index contributed by atoms with van der Waals surface area (Å²) in [5.41, 5.74) is 0. The molecule has 2 aromatic rings. The molecule has 1 saturated heterocycles. The first-order valence-corrected chi connectivity index (χ1v) is 11.5. The van der Waals surface area contributed by atoms with Crippen LogP contribution in [0, 0.1) is 6.92 Å². The first-order valence-electron chi connectivity index (χ1n) is 8.40. The zero-order chi connectivity index (χ0) is 17.9. The first kappa shape index (κ1) is 18.6. The van der Waals surface area contributed by atoms with Gasteiger partial charge in [0, 0.05) is 22.8 Å². The van der Waals surface area contributed by atoms with Crippen molar-refractivity contribution in [2.24, 2.45) is 0 Å². The van der Waals surface area contributed by atoms with Crippen LogP contribution in [0.4, 0.5) is 0 Å². The van der Waals surface area contributed by atoms with Crippen LogP contribution in [-0.2, 0) is 16.6 Å². The summed E-state index contributed by atoms with van der Waals surface area (Å²) >= 11 is 2.69. The lowest BCUT2D eigenvalue weighted by molar-refractivity contribution is 0.0955. The molecule has 0 spiro atoms. The van der Waals surface area contributed by atoms with E-state index in [1.165, 1.54) is 22.7 Å². The number of hydrogen-bond acceptors (Lipinski definition) is 5. The van der Waals surface area contributed by atoms with Gasteiger partial charge in [0.2, 0.25) is 0 Å². The number of nitrogens with zero attached hydrogens (tertiary/aromatic N) is 1. The van der Waals surface area contributed by atoms with E-state index in [4.69, 9.17) is 0 Å². The SMILES string of the molecule is Cc1ccc(C(=O)NCc2ccc(S(=O)(=O)N3CCCCCC3)s2)s1.